The molecule has 0 aliphatic rings. The standard InChI is InChI=1S/C5H11NO3/c1-3-5(7)4(2)6(8)9/h4-5,7H,3H2,1-2H3. The Hall–Kier alpha value is -0.640. The van der Waals surface area contributed by atoms with Crippen LogP contribution in [0.25, 0.3) is 0 Å². The van der Waals surface area contributed by atoms with Crippen LogP contribution in [0.1, 0.15) is 20.3 Å². The monoisotopic (exact) mass is 133 g/mol. The molecule has 0 spiro atoms. The van der Waals surface area contributed by atoms with Gasteiger partial charge in [-0.1, -0.05) is 6.92 Å². The lowest BCUT2D eigenvalue weighted by Gasteiger charge is -2.07. The van der Waals surface area contributed by atoms with Crippen LogP contribution in [0.4, 0.5) is 0 Å². The van der Waals surface area contributed by atoms with Crippen molar-refractivity contribution in [1.29, 1.82) is 0 Å². The molecule has 4 nitrogen and oxygen atoms in total. The third kappa shape index (κ3) is 2.41. The quantitative estimate of drug-likeness (QED) is 0.448. The van der Waals surface area contributed by atoms with E-state index < -0.39 is 17.1 Å². The second-order valence-electron chi connectivity index (χ2n) is 2.00. The number of rotatable bonds is 3. The molecule has 0 heterocycles. The van der Waals surface area contributed by atoms with Crippen molar-refractivity contribution in [3.63, 3.8) is 0 Å². The van der Waals surface area contributed by atoms with Crippen molar-refractivity contribution < 1.29 is 10.0 Å². The van der Waals surface area contributed by atoms with E-state index in [1.165, 1.54) is 6.92 Å². The average Bonchev–Trinajstić information content (AvgIpc) is 1.84. The number of hydrogen-bond acceptors (Lipinski definition) is 3. The van der Waals surface area contributed by atoms with Crippen molar-refractivity contribution in [2.75, 3.05) is 0 Å². The third-order valence-corrected chi connectivity index (χ3v) is 1.31. The first-order valence-corrected chi connectivity index (χ1v) is 2.91. The normalized spacial score (nSPS) is 16.8. The second kappa shape index (κ2) is 3.40. The Morgan fingerprint density at radius 1 is 1.78 bits per heavy atom. The van der Waals surface area contributed by atoms with E-state index in [1.54, 1.807) is 6.92 Å². The Labute approximate surface area is 53.6 Å². The van der Waals surface area contributed by atoms with Gasteiger partial charge in [0.05, 0.1) is 0 Å². The maximum absolute atomic E-state index is 9.95. The molecule has 0 aliphatic heterocycles. The largest absolute Gasteiger partial charge is 0.386 e. The van der Waals surface area contributed by atoms with E-state index >= 15 is 0 Å². The molecule has 0 aromatic rings. The predicted molar refractivity (Wildman–Crippen MR) is 32.8 cm³/mol. The SMILES string of the molecule is CCC(O)C(C)[N+](=O)[O-]. The van der Waals surface area contributed by atoms with Gasteiger partial charge in [-0.05, 0) is 6.42 Å². The van der Waals surface area contributed by atoms with Crippen LogP contribution in [0.5, 0.6) is 0 Å². The molecule has 0 saturated heterocycles. The first-order valence-electron chi connectivity index (χ1n) is 2.91. The Morgan fingerprint density at radius 2 is 2.22 bits per heavy atom. The molecule has 0 saturated carbocycles. The van der Waals surface area contributed by atoms with Gasteiger partial charge in [0.1, 0.15) is 6.10 Å². The van der Waals surface area contributed by atoms with E-state index in [2.05, 4.69) is 0 Å². The molecular weight excluding hydrogens is 122 g/mol. The Balaban J connectivity index is 3.72. The lowest BCUT2D eigenvalue weighted by atomic mass is 10.1. The molecule has 0 aromatic carbocycles. The highest BCUT2D eigenvalue weighted by Gasteiger charge is 2.21. The summed E-state index contributed by atoms with van der Waals surface area (Å²) in [4.78, 5) is 9.47. The highest BCUT2D eigenvalue weighted by molar-refractivity contribution is 4.58. The number of hydrogen-bond donors (Lipinski definition) is 1. The molecule has 1 N–H and O–H groups in total. The average molecular weight is 133 g/mol. The fourth-order valence-electron chi connectivity index (χ4n) is 0.482. The van der Waals surface area contributed by atoms with Crippen LogP contribution < -0.4 is 0 Å². The van der Waals surface area contributed by atoms with Crippen molar-refractivity contribution in [2.45, 2.75) is 32.4 Å². The summed E-state index contributed by atoms with van der Waals surface area (Å²) in [6, 6.07) is -0.838. The molecule has 0 amide bonds. The van der Waals surface area contributed by atoms with Crippen LogP contribution in [0, 0.1) is 10.1 Å². The van der Waals surface area contributed by atoms with Gasteiger partial charge in [0.15, 0.2) is 0 Å². The molecule has 4 heteroatoms. The zero-order valence-corrected chi connectivity index (χ0v) is 5.57. The van der Waals surface area contributed by atoms with Gasteiger partial charge in [0, 0.05) is 11.8 Å². The molecule has 0 aromatic heterocycles. The zero-order chi connectivity index (χ0) is 7.44. The van der Waals surface area contributed by atoms with Gasteiger partial charge in [0.2, 0.25) is 6.04 Å². The minimum Gasteiger partial charge on any atom is -0.386 e. The summed E-state index contributed by atoms with van der Waals surface area (Å²) in [5.74, 6) is 0. The minimum absolute atomic E-state index is 0.433. The lowest BCUT2D eigenvalue weighted by molar-refractivity contribution is -0.529. The first-order chi connectivity index (χ1) is 4.09. The summed E-state index contributed by atoms with van der Waals surface area (Å²) in [6.45, 7) is 3.11. The van der Waals surface area contributed by atoms with Crippen LogP contribution in [-0.2, 0) is 0 Å². The maximum Gasteiger partial charge on any atom is 0.235 e. The highest BCUT2D eigenvalue weighted by Crippen LogP contribution is 1.99. The molecule has 54 valence electrons. The van der Waals surface area contributed by atoms with E-state index in [0.717, 1.165) is 0 Å². The van der Waals surface area contributed by atoms with Crippen molar-refractivity contribution in [3.8, 4) is 0 Å². The third-order valence-electron chi connectivity index (χ3n) is 1.31. The van der Waals surface area contributed by atoms with Gasteiger partial charge < -0.3 is 5.11 Å². The fraction of sp³-hybridized carbons (Fsp3) is 1.00. The van der Waals surface area contributed by atoms with Crippen LogP contribution in [0.15, 0.2) is 0 Å². The molecule has 2 atom stereocenters. The van der Waals surface area contributed by atoms with Gasteiger partial charge in [-0.15, -0.1) is 0 Å². The van der Waals surface area contributed by atoms with Crippen molar-refractivity contribution >= 4 is 0 Å². The van der Waals surface area contributed by atoms with E-state index in [4.69, 9.17) is 5.11 Å². The number of nitro groups is 1. The van der Waals surface area contributed by atoms with Crippen LogP contribution in [0.3, 0.4) is 0 Å². The fourth-order valence-corrected chi connectivity index (χ4v) is 0.482. The molecule has 0 rings (SSSR count). The smallest absolute Gasteiger partial charge is 0.235 e. The van der Waals surface area contributed by atoms with Gasteiger partial charge >= 0.3 is 0 Å². The Bertz CT molecular complexity index is 104. The van der Waals surface area contributed by atoms with Crippen LogP contribution in [0.2, 0.25) is 0 Å². The number of aliphatic hydroxyl groups is 1. The van der Waals surface area contributed by atoms with Gasteiger partial charge in [-0.3, -0.25) is 10.1 Å². The summed E-state index contributed by atoms with van der Waals surface area (Å²) in [5, 5.41) is 18.8. The molecular formula is C5H11NO3. The maximum atomic E-state index is 9.95. The van der Waals surface area contributed by atoms with Crippen molar-refractivity contribution in [1.82, 2.24) is 0 Å². The highest BCUT2D eigenvalue weighted by atomic mass is 16.6. The van der Waals surface area contributed by atoms with Crippen molar-refractivity contribution in [2.24, 2.45) is 0 Å². The molecule has 0 aliphatic carbocycles. The van der Waals surface area contributed by atoms with E-state index in [-0.39, 0.29) is 0 Å². The van der Waals surface area contributed by atoms with E-state index in [9.17, 15) is 10.1 Å². The molecule has 0 fully saturated rings. The first kappa shape index (κ1) is 8.36. The van der Waals surface area contributed by atoms with E-state index in [0.29, 0.717) is 6.42 Å². The van der Waals surface area contributed by atoms with E-state index in [1.807, 2.05) is 0 Å². The Morgan fingerprint density at radius 3 is 2.33 bits per heavy atom. The topological polar surface area (TPSA) is 63.4 Å². The predicted octanol–water partition coefficient (Wildman–Crippen LogP) is 0.422. The molecule has 0 bridgehead atoms. The Kier molecular flexibility index (Phi) is 3.16. The minimum atomic E-state index is -0.838. The lowest BCUT2D eigenvalue weighted by Crippen LogP contribution is -2.29. The molecule has 0 radical (unpaired) electrons. The molecule has 9 heavy (non-hydrogen) atoms. The second-order valence-corrected chi connectivity index (χ2v) is 2.00. The zero-order valence-electron chi connectivity index (χ0n) is 5.57. The summed E-state index contributed by atoms with van der Waals surface area (Å²) in [5.41, 5.74) is 0. The summed E-state index contributed by atoms with van der Waals surface area (Å²) in [7, 11) is 0. The number of aliphatic hydroxyl groups excluding tert-OH is 1. The van der Waals surface area contributed by atoms with Gasteiger partial charge in [0.25, 0.3) is 0 Å². The van der Waals surface area contributed by atoms with Gasteiger partial charge in [-0.2, -0.15) is 0 Å². The van der Waals surface area contributed by atoms with Crippen LogP contribution >= 0.6 is 0 Å². The summed E-state index contributed by atoms with van der Waals surface area (Å²) in [6.07, 6.45) is -0.373. The van der Waals surface area contributed by atoms with Gasteiger partial charge in [-0.25, -0.2) is 0 Å². The summed E-state index contributed by atoms with van der Waals surface area (Å²) < 4.78 is 0. The summed E-state index contributed by atoms with van der Waals surface area (Å²) >= 11 is 0. The van der Waals surface area contributed by atoms with Crippen LogP contribution in [-0.4, -0.2) is 22.2 Å². The number of nitrogens with zero attached hydrogens (tertiary/aromatic N) is 1. The van der Waals surface area contributed by atoms with Crippen molar-refractivity contribution in [3.05, 3.63) is 10.1 Å². The molecule has 2 unspecified atom stereocenters.